The summed E-state index contributed by atoms with van der Waals surface area (Å²) in [5.41, 5.74) is 1.75. The average Bonchev–Trinajstić information content (AvgIpc) is 3.10. The molecule has 166 valence electrons. The predicted molar refractivity (Wildman–Crippen MR) is 117 cm³/mol. The minimum atomic E-state index is -0.423. The Morgan fingerprint density at radius 1 is 1.16 bits per heavy atom. The third-order valence-corrected chi connectivity index (χ3v) is 8.11. The van der Waals surface area contributed by atoms with E-state index in [1.807, 2.05) is 34.1 Å². The summed E-state index contributed by atoms with van der Waals surface area (Å²) in [6, 6.07) is 7.57. The molecule has 6 nitrogen and oxygen atoms in total. The Hall–Kier alpha value is -2.37. The van der Waals surface area contributed by atoms with Gasteiger partial charge in [0.2, 0.25) is 11.8 Å². The summed E-state index contributed by atoms with van der Waals surface area (Å²) < 4.78 is 0. The second-order valence-electron chi connectivity index (χ2n) is 10.0. The number of rotatable bonds is 4. The van der Waals surface area contributed by atoms with Crippen LogP contribution < -0.4 is 0 Å². The first-order valence-corrected chi connectivity index (χ1v) is 11.9. The van der Waals surface area contributed by atoms with Gasteiger partial charge in [0, 0.05) is 44.2 Å². The summed E-state index contributed by atoms with van der Waals surface area (Å²) in [5.74, 6) is 1.19. The first-order chi connectivity index (χ1) is 15.0. The van der Waals surface area contributed by atoms with Crippen LogP contribution in [0.15, 0.2) is 24.3 Å². The van der Waals surface area contributed by atoms with Gasteiger partial charge in [0.1, 0.15) is 6.04 Å². The highest BCUT2D eigenvalue weighted by atomic mass is 16.2. The molecule has 1 aromatic rings. The quantitative estimate of drug-likeness (QED) is 0.748. The van der Waals surface area contributed by atoms with Crippen LogP contribution in [0.25, 0.3) is 0 Å². The highest BCUT2D eigenvalue weighted by Gasteiger charge is 2.47. The van der Waals surface area contributed by atoms with E-state index in [0.29, 0.717) is 43.8 Å². The first kappa shape index (κ1) is 20.5. The van der Waals surface area contributed by atoms with Crippen molar-refractivity contribution < 1.29 is 14.4 Å². The predicted octanol–water partition coefficient (Wildman–Crippen LogP) is 2.92. The molecule has 5 unspecified atom stereocenters. The Morgan fingerprint density at radius 2 is 1.97 bits per heavy atom. The van der Waals surface area contributed by atoms with Gasteiger partial charge in [-0.2, -0.15) is 0 Å². The molecule has 0 N–H and O–H groups in total. The zero-order chi connectivity index (χ0) is 21.7. The minimum absolute atomic E-state index is 0.0181. The lowest BCUT2D eigenvalue weighted by Crippen LogP contribution is -2.63. The number of hydrogen-bond acceptors (Lipinski definition) is 3. The topological polar surface area (TPSA) is 60.9 Å². The second-order valence-corrected chi connectivity index (χ2v) is 10.0. The summed E-state index contributed by atoms with van der Waals surface area (Å²) in [5, 5.41) is 0. The van der Waals surface area contributed by atoms with Crippen molar-refractivity contribution in [2.45, 2.75) is 64.6 Å². The van der Waals surface area contributed by atoms with Gasteiger partial charge in [0.15, 0.2) is 0 Å². The molecule has 3 saturated heterocycles. The molecule has 3 amide bonds. The summed E-state index contributed by atoms with van der Waals surface area (Å²) in [6.07, 6.45) is 4.65. The van der Waals surface area contributed by atoms with Crippen molar-refractivity contribution in [3.05, 3.63) is 35.4 Å². The van der Waals surface area contributed by atoms with Gasteiger partial charge in [-0.25, -0.2) is 0 Å². The maximum absolute atomic E-state index is 13.9. The molecule has 5 rings (SSSR count). The second kappa shape index (κ2) is 7.95. The average molecular weight is 424 g/mol. The fourth-order valence-corrected chi connectivity index (χ4v) is 6.39. The van der Waals surface area contributed by atoms with Crippen molar-refractivity contribution in [2.75, 3.05) is 19.6 Å². The molecule has 4 aliphatic heterocycles. The lowest BCUT2D eigenvalue weighted by molar-refractivity contribution is -0.151. The van der Waals surface area contributed by atoms with Crippen LogP contribution in [0.2, 0.25) is 0 Å². The summed E-state index contributed by atoms with van der Waals surface area (Å²) in [7, 11) is 0. The Morgan fingerprint density at radius 3 is 2.74 bits per heavy atom. The van der Waals surface area contributed by atoms with Crippen molar-refractivity contribution in [3.8, 4) is 0 Å². The summed E-state index contributed by atoms with van der Waals surface area (Å²) in [6.45, 7) is 6.90. The fraction of sp³-hybridized carbons (Fsp3) is 0.640. The summed E-state index contributed by atoms with van der Waals surface area (Å²) >= 11 is 0. The van der Waals surface area contributed by atoms with E-state index in [2.05, 4.69) is 18.7 Å². The molecule has 31 heavy (non-hydrogen) atoms. The molecule has 5 atom stereocenters. The van der Waals surface area contributed by atoms with E-state index in [4.69, 9.17) is 0 Å². The number of carbonyl (C=O) groups excluding carboxylic acids is 3. The SMILES string of the molecule is CCC(C)C(C(=O)N1CC2CC(C1)C1CCCC(=O)N1C2)N1Cc2ccccc2C1=O. The van der Waals surface area contributed by atoms with Crippen LogP contribution in [-0.4, -0.2) is 64.1 Å². The smallest absolute Gasteiger partial charge is 0.255 e. The molecular formula is C25H33N3O3. The van der Waals surface area contributed by atoms with E-state index in [0.717, 1.165) is 43.4 Å². The van der Waals surface area contributed by atoms with Crippen LogP contribution in [0.4, 0.5) is 0 Å². The monoisotopic (exact) mass is 423 g/mol. The van der Waals surface area contributed by atoms with Crippen molar-refractivity contribution in [3.63, 3.8) is 0 Å². The number of benzene rings is 1. The van der Waals surface area contributed by atoms with Gasteiger partial charge < -0.3 is 14.7 Å². The van der Waals surface area contributed by atoms with Crippen LogP contribution in [0.5, 0.6) is 0 Å². The number of carbonyl (C=O) groups is 3. The number of fused-ring (bicyclic) bond motifs is 5. The molecule has 2 bridgehead atoms. The van der Waals surface area contributed by atoms with E-state index in [-0.39, 0.29) is 23.8 Å². The largest absolute Gasteiger partial charge is 0.340 e. The van der Waals surface area contributed by atoms with E-state index >= 15 is 0 Å². The zero-order valence-corrected chi connectivity index (χ0v) is 18.6. The van der Waals surface area contributed by atoms with E-state index in [1.54, 1.807) is 0 Å². The molecule has 0 aromatic heterocycles. The molecule has 0 spiro atoms. The van der Waals surface area contributed by atoms with Gasteiger partial charge in [0.25, 0.3) is 5.91 Å². The van der Waals surface area contributed by atoms with Crippen molar-refractivity contribution in [1.29, 1.82) is 0 Å². The first-order valence-electron chi connectivity index (χ1n) is 11.9. The Kier molecular flexibility index (Phi) is 5.27. The van der Waals surface area contributed by atoms with Crippen molar-refractivity contribution in [2.24, 2.45) is 17.8 Å². The van der Waals surface area contributed by atoms with Crippen molar-refractivity contribution >= 4 is 17.7 Å². The molecule has 1 aromatic carbocycles. The third-order valence-electron chi connectivity index (χ3n) is 8.11. The molecule has 6 heteroatoms. The van der Waals surface area contributed by atoms with Gasteiger partial charge in [-0.05, 0) is 48.6 Å². The van der Waals surface area contributed by atoms with Gasteiger partial charge in [-0.3, -0.25) is 14.4 Å². The highest BCUT2D eigenvalue weighted by molar-refractivity contribution is 6.01. The van der Waals surface area contributed by atoms with Gasteiger partial charge in [-0.15, -0.1) is 0 Å². The third kappa shape index (κ3) is 3.44. The molecule has 0 radical (unpaired) electrons. The number of piperidine rings is 3. The molecule has 0 aliphatic carbocycles. The highest BCUT2D eigenvalue weighted by Crippen LogP contribution is 2.39. The van der Waals surface area contributed by atoms with E-state index in [1.165, 1.54) is 0 Å². The number of likely N-dealkylation sites (tertiary alicyclic amines) is 1. The molecule has 4 aliphatic rings. The Labute approximate surface area is 184 Å². The van der Waals surface area contributed by atoms with Crippen molar-refractivity contribution in [1.82, 2.24) is 14.7 Å². The Bertz CT molecular complexity index is 900. The normalized spacial score (nSPS) is 29.5. The van der Waals surface area contributed by atoms with Crippen LogP contribution in [0.3, 0.4) is 0 Å². The van der Waals surface area contributed by atoms with Crippen LogP contribution in [0, 0.1) is 17.8 Å². The lowest BCUT2D eigenvalue weighted by atomic mass is 9.75. The minimum Gasteiger partial charge on any atom is -0.340 e. The fourth-order valence-electron chi connectivity index (χ4n) is 6.39. The number of amides is 3. The summed E-state index contributed by atoms with van der Waals surface area (Å²) in [4.78, 5) is 45.4. The zero-order valence-electron chi connectivity index (χ0n) is 18.6. The maximum atomic E-state index is 13.9. The molecule has 0 saturated carbocycles. The van der Waals surface area contributed by atoms with Gasteiger partial charge in [0.05, 0.1) is 0 Å². The van der Waals surface area contributed by atoms with E-state index < -0.39 is 6.04 Å². The lowest BCUT2D eigenvalue weighted by Gasteiger charge is -2.53. The maximum Gasteiger partial charge on any atom is 0.255 e. The van der Waals surface area contributed by atoms with Crippen LogP contribution >= 0.6 is 0 Å². The Balaban J connectivity index is 1.37. The molecule has 3 fully saturated rings. The van der Waals surface area contributed by atoms with Crippen LogP contribution in [0.1, 0.15) is 61.9 Å². The van der Waals surface area contributed by atoms with Gasteiger partial charge >= 0.3 is 0 Å². The molecule has 4 heterocycles. The van der Waals surface area contributed by atoms with E-state index in [9.17, 15) is 14.4 Å². The van der Waals surface area contributed by atoms with Gasteiger partial charge in [-0.1, -0.05) is 38.5 Å². The number of hydrogen-bond donors (Lipinski definition) is 0. The number of nitrogens with zero attached hydrogens (tertiary/aromatic N) is 3. The molecular weight excluding hydrogens is 390 g/mol. The van der Waals surface area contributed by atoms with Crippen LogP contribution in [-0.2, 0) is 16.1 Å². The standard InChI is InChI=1S/C25H33N3O3/c1-3-16(2)23(28-15-18-7-4-5-8-20(18)24(28)30)25(31)26-12-17-11-19(14-26)21-9-6-10-22(29)27(21)13-17/h4-5,7-8,16-17,19,21,23H,3,6,9-15H2,1-2H3.